The third-order valence-electron chi connectivity index (χ3n) is 5.83. The van der Waals surface area contributed by atoms with Gasteiger partial charge in [-0.05, 0) is 69.1 Å². The molecule has 0 radical (unpaired) electrons. The number of rotatable bonds is 4. The minimum Gasteiger partial charge on any atom is -0.312 e. The topological polar surface area (TPSA) is 12.0 Å². The van der Waals surface area contributed by atoms with Crippen molar-refractivity contribution in [3.05, 3.63) is 0 Å². The average molecular weight is 282 g/mol. The second-order valence-corrected chi connectivity index (χ2v) is 9.42. The maximum Gasteiger partial charge on any atom is 0.00967 e. The first-order valence-electron chi connectivity index (χ1n) is 8.75. The molecule has 0 saturated heterocycles. The van der Waals surface area contributed by atoms with E-state index in [0.717, 1.165) is 11.8 Å². The number of hydrogen-bond donors (Lipinski definition) is 1. The van der Waals surface area contributed by atoms with Crippen LogP contribution in [0.2, 0.25) is 0 Å². The maximum atomic E-state index is 3.80. The maximum absolute atomic E-state index is 3.80. The van der Waals surface area contributed by atoms with Gasteiger partial charge in [-0.25, -0.2) is 0 Å². The van der Waals surface area contributed by atoms with Crippen molar-refractivity contribution in [2.75, 3.05) is 6.54 Å². The van der Waals surface area contributed by atoms with Crippen LogP contribution < -0.4 is 5.32 Å². The highest BCUT2D eigenvalue weighted by Gasteiger charge is 2.41. The quantitative estimate of drug-likeness (QED) is 0.703. The minimum atomic E-state index is 0.237. The molecule has 1 aliphatic rings. The molecule has 0 aliphatic heterocycles. The first kappa shape index (κ1) is 18.0. The normalized spacial score (nSPS) is 30.3. The predicted molar refractivity (Wildman–Crippen MR) is 91.1 cm³/mol. The van der Waals surface area contributed by atoms with Crippen molar-refractivity contribution in [1.29, 1.82) is 0 Å². The van der Waals surface area contributed by atoms with E-state index < -0.39 is 0 Å². The number of hydrogen-bond acceptors (Lipinski definition) is 1. The van der Waals surface area contributed by atoms with Crippen molar-refractivity contribution in [3.8, 4) is 0 Å². The van der Waals surface area contributed by atoms with Gasteiger partial charge in [0.1, 0.15) is 0 Å². The van der Waals surface area contributed by atoms with Gasteiger partial charge in [0.05, 0.1) is 0 Å². The molecule has 1 nitrogen and oxygen atoms in total. The molecule has 1 aliphatic carbocycles. The van der Waals surface area contributed by atoms with E-state index in [1.165, 1.54) is 38.6 Å². The second kappa shape index (κ2) is 6.38. The van der Waals surface area contributed by atoms with Crippen LogP contribution in [-0.4, -0.2) is 12.1 Å². The SMILES string of the molecule is CCC(C)C1(CNC(C)(C)C)CCC(C(C)(C)C)CC1. The fourth-order valence-corrected chi connectivity index (χ4v) is 3.78. The summed E-state index contributed by atoms with van der Waals surface area (Å²) in [7, 11) is 0. The molecule has 1 unspecified atom stereocenters. The molecule has 0 bridgehead atoms. The molecule has 1 heteroatoms. The Morgan fingerprint density at radius 3 is 1.90 bits per heavy atom. The second-order valence-electron chi connectivity index (χ2n) is 9.42. The Labute approximate surface area is 128 Å². The summed E-state index contributed by atoms with van der Waals surface area (Å²) < 4.78 is 0. The molecular formula is C19H39N. The van der Waals surface area contributed by atoms with Crippen LogP contribution in [0.3, 0.4) is 0 Å². The molecular weight excluding hydrogens is 242 g/mol. The van der Waals surface area contributed by atoms with Crippen LogP contribution in [0.4, 0.5) is 0 Å². The molecule has 0 aromatic rings. The lowest BCUT2D eigenvalue weighted by molar-refractivity contribution is 0.0385. The van der Waals surface area contributed by atoms with Gasteiger partial charge in [0.25, 0.3) is 0 Å². The highest BCUT2D eigenvalue weighted by Crippen LogP contribution is 2.49. The van der Waals surface area contributed by atoms with Gasteiger partial charge in [-0.15, -0.1) is 0 Å². The highest BCUT2D eigenvalue weighted by molar-refractivity contribution is 4.94. The lowest BCUT2D eigenvalue weighted by atomic mass is 9.59. The monoisotopic (exact) mass is 281 g/mol. The summed E-state index contributed by atoms with van der Waals surface area (Å²) in [4.78, 5) is 0. The van der Waals surface area contributed by atoms with Crippen molar-refractivity contribution in [2.24, 2.45) is 22.7 Å². The molecule has 0 spiro atoms. The summed E-state index contributed by atoms with van der Waals surface area (Å²) in [6.45, 7) is 20.2. The summed E-state index contributed by atoms with van der Waals surface area (Å²) in [6, 6.07) is 0. The Balaban J connectivity index is 2.74. The van der Waals surface area contributed by atoms with Gasteiger partial charge in [0.15, 0.2) is 0 Å². The fourth-order valence-electron chi connectivity index (χ4n) is 3.78. The molecule has 1 saturated carbocycles. The van der Waals surface area contributed by atoms with E-state index in [0.29, 0.717) is 10.8 Å². The predicted octanol–water partition coefficient (Wildman–Crippen LogP) is 5.64. The number of nitrogens with one attached hydrogen (secondary N) is 1. The van der Waals surface area contributed by atoms with Crippen molar-refractivity contribution >= 4 is 0 Å². The van der Waals surface area contributed by atoms with Crippen LogP contribution in [-0.2, 0) is 0 Å². The molecule has 1 rings (SSSR count). The van der Waals surface area contributed by atoms with Crippen LogP contribution in [0.5, 0.6) is 0 Å². The zero-order chi connectivity index (χ0) is 15.6. The summed E-state index contributed by atoms with van der Waals surface area (Å²) in [5.41, 5.74) is 1.25. The molecule has 1 fully saturated rings. The molecule has 0 heterocycles. The molecule has 0 amide bonds. The van der Waals surface area contributed by atoms with Crippen molar-refractivity contribution in [3.63, 3.8) is 0 Å². The minimum absolute atomic E-state index is 0.237. The average Bonchev–Trinajstić information content (AvgIpc) is 2.34. The van der Waals surface area contributed by atoms with E-state index >= 15 is 0 Å². The Hall–Kier alpha value is -0.0400. The zero-order valence-corrected chi connectivity index (χ0v) is 15.4. The van der Waals surface area contributed by atoms with Gasteiger partial charge in [-0.1, -0.05) is 41.0 Å². The van der Waals surface area contributed by atoms with Crippen LogP contribution in [0.25, 0.3) is 0 Å². The molecule has 1 atom stereocenters. The zero-order valence-electron chi connectivity index (χ0n) is 15.4. The van der Waals surface area contributed by atoms with Gasteiger partial charge in [-0.3, -0.25) is 0 Å². The smallest absolute Gasteiger partial charge is 0.00967 e. The first-order valence-corrected chi connectivity index (χ1v) is 8.75. The Kier molecular flexibility index (Phi) is 5.75. The summed E-state index contributed by atoms with van der Waals surface area (Å²) in [5.74, 6) is 1.74. The van der Waals surface area contributed by atoms with Crippen molar-refractivity contribution < 1.29 is 0 Å². The Bertz CT molecular complexity index is 284. The van der Waals surface area contributed by atoms with Crippen molar-refractivity contribution in [1.82, 2.24) is 5.32 Å². The van der Waals surface area contributed by atoms with E-state index in [9.17, 15) is 0 Å². The lowest BCUT2D eigenvalue weighted by Crippen LogP contribution is -2.48. The van der Waals surface area contributed by atoms with E-state index in [-0.39, 0.29) is 5.54 Å². The third-order valence-corrected chi connectivity index (χ3v) is 5.83. The summed E-state index contributed by atoms with van der Waals surface area (Å²) in [6.07, 6.45) is 6.96. The first-order chi connectivity index (χ1) is 9.00. The van der Waals surface area contributed by atoms with Crippen LogP contribution in [0.1, 0.15) is 87.5 Å². The molecule has 1 N–H and O–H groups in total. The largest absolute Gasteiger partial charge is 0.312 e. The fraction of sp³-hybridized carbons (Fsp3) is 1.00. The van der Waals surface area contributed by atoms with Gasteiger partial charge < -0.3 is 5.32 Å². The van der Waals surface area contributed by atoms with Gasteiger partial charge in [0.2, 0.25) is 0 Å². The highest BCUT2D eigenvalue weighted by atomic mass is 15.0. The van der Waals surface area contributed by atoms with E-state index in [2.05, 4.69) is 60.7 Å². The van der Waals surface area contributed by atoms with E-state index in [1.807, 2.05) is 0 Å². The molecule has 0 aromatic heterocycles. The van der Waals surface area contributed by atoms with Gasteiger partial charge in [0, 0.05) is 12.1 Å². The summed E-state index contributed by atoms with van der Waals surface area (Å²) >= 11 is 0. The van der Waals surface area contributed by atoms with Crippen LogP contribution in [0.15, 0.2) is 0 Å². The van der Waals surface area contributed by atoms with Crippen LogP contribution in [0, 0.1) is 22.7 Å². The molecule has 120 valence electrons. The summed E-state index contributed by atoms with van der Waals surface area (Å²) in [5, 5.41) is 3.80. The van der Waals surface area contributed by atoms with E-state index in [1.54, 1.807) is 0 Å². The lowest BCUT2D eigenvalue weighted by Gasteiger charge is -2.48. The van der Waals surface area contributed by atoms with Gasteiger partial charge >= 0.3 is 0 Å². The van der Waals surface area contributed by atoms with E-state index in [4.69, 9.17) is 0 Å². The Morgan fingerprint density at radius 2 is 1.55 bits per heavy atom. The van der Waals surface area contributed by atoms with Gasteiger partial charge in [-0.2, -0.15) is 0 Å². The Morgan fingerprint density at radius 1 is 1.05 bits per heavy atom. The van der Waals surface area contributed by atoms with Crippen LogP contribution >= 0.6 is 0 Å². The molecule has 20 heavy (non-hydrogen) atoms. The third kappa shape index (κ3) is 4.76. The molecule has 0 aromatic carbocycles. The standard InChI is InChI=1S/C19H39N/c1-9-15(2)19(14-20-18(6,7)8)12-10-16(11-13-19)17(3,4)5/h15-16,20H,9-14H2,1-8H3. The van der Waals surface area contributed by atoms with Crippen molar-refractivity contribution in [2.45, 2.75) is 93.0 Å².